The molecule has 0 bridgehead atoms. The minimum Gasteiger partial charge on any atom is -0.481 e. The Morgan fingerprint density at radius 1 is 1.25 bits per heavy atom. The number of carboxylic acid groups (broad SMARTS) is 1. The molecule has 0 saturated carbocycles. The second kappa shape index (κ2) is 7.22. The average molecular weight is 230 g/mol. The molecule has 1 atom stereocenters. The lowest BCUT2D eigenvalue weighted by atomic mass is 10.0. The van der Waals surface area contributed by atoms with E-state index >= 15 is 0 Å². The van der Waals surface area contributed by atoms with Crippen LogP contribution in [-0.2, 0) is 9.59 Å². The molecule has 0 radical (unpaired) electrons. The van der Waals surface area contributed by atoms with Crippen molar-refractivity contribution in [3.05, 3.63) is 0 Å². The summed E-state index contributed by atoms with van der Waals surface area (Å²) in [6.45, 7) is 4.83. The van der Waals surface area contributed by atoms with E-state index in [1.165, 1.54) is 0 Å². The maximum atomic E-state index is 11.5. The van der Waals surface area contributed by atoms with E-state index in [-0.39, 0.29) is 24.8 Å². The molecule has 0 saturated heterocycles. The highest BCUT2D eigenvalue weighted by Gasteiger charge is 2.17. The molecule has 0 aliphatic rings. The van der Waals surface area contributed by atoms with Crippen molar-refractivity contribution in [2.24, 2.45) is 5.92 Å². The number of hydrogen-bond acceptors (Lipinski definition) is 3. The zero-order valence-electron chi connectivity index (χ0n) is 10.5. The number of aliphatic carboxylic acids is 1. The first-order chi connectivity index (χ1) is 7.32. The highest BCUT2D eigenvalue weighted by molar-refractivity contribution is 5.80. The van der Waals surface area contributed by atoms with Crippen LogP contribution >= 0.6 is 0 Å². The summed E-state index contributed by atoms with van der Waals surface area (Å²) in [5, 5.41) is 11.3. The molecule has 0 aliphatic heterocycles. The van der Waals surface area contributed by atoms with E-state index in [0.29, 0.717) is 5.92 Å². The van der Waals surface area contributed by atoms with E-state index in [1.807, 2.05) is 32.8 Å². The molecule has 5 nitrogen and oxygen atoms in total. The largest absolute Gasteiger partial charge is 0.481 e. The number of nitrogens with one attached hydrogen (secondary N) is 1. The quantitative estimate of drug-likeness (QED) is 0.670. The van der Waals surface area contributed by atoms with Gasteiger partial charge >= 0.3 is 5.97 Å². The highest BCUT2D eigenvalue weighted by Crippen LogP contribution is 2.03. The minimum absolute atomic E-state index is 0.0476. The van der Waals surface area contributed by atoms with Crippen LogP contribution in [0.3, 0.4) is 0 Å². The molecular formula is C11H22N2O3. The van der Waals surface area contributed by atoms with Gasteiger partial charge in [0.25, 0.3) is 0 Å². The van der Waals surface area contributed by atoms with Crippen LogP contribution in [0, 0.1) is 5.92 Å². The first kappa shape index (κ1) is 14.9. The van der Waals surface area contributed by atoms with Crippen LogP contribution in [0.1, 0.15) is 26.7 Å². The Bertz CT molecular complexity index is 239. The van der Waals surface area contributed by atoms with E-state index in [4.69, 9.17) is 5.11 Å². The Morgan fingerprint density at radius 2 is 1.81 bits per heavy atom. The maximum absolute atomic E-state index is 11.5. The zero-order valence-corrected chi connectivity index (χ0v) is 10.5. The Morgan fingerprint density at radius 3 is 2.19 bits per heavy atom. The van der Waals surface area contributed by atoms with Gasteiger partial charge in [-0.2, -0.15) is 0 Å². The summed E-state index contributed by atoms with van der Waals surface area (Å²) in [5.41, 5.74) is 0. The third kappa shape index (κ3) is 7.23. The van der Waals surface area contributed by atoms with Crippen molar-refractivity contribution in [2.45, 2.75) is 32.7 Å². The van der Waals surface area contributed by atoms with Crippen LogP contribution in [0.4, 0.5) is 0 Å². The lowest BCUT2D eigenvalue weighted by Crippen LogP contribution is -2.45. The summed E-state index contributed by atoms with van der Waals surface area (Å²) in [4.78, 5) is 23.8. The van der Waals surface area contributed by atoms with Crippen LogP contribution < -0.4 is 5.32 Å². The third-order valence-electron chi connectivity index (χ3n) is 2.28. The fourth-order valence-electron chi connectivity index (χ4n) is 1.32. The van der Waals surface area contributed by atoms with Crippen molar-refractivity contribution >= 4 is 11.9 Å². The van der Waals surface area contributed by atoms with Crippen molar-refractivity contribution in [3.63, 3.8) is 0 Å². The lowest BCUT2D eigenvalue weighted by molar-refractivity contribution is -0.139. The van der Waals surface area contributed by atoms with Crippen LogP contribution in [0.5, 0.6) is 0 Å². The monoisotopic (exact) mass is 230 g/mol. The van der Waals surface area contributed by atoms with Crippen molar-refractivity contribution in [3.8, 4) is 0 Å². The predicted octanol–water partition coefficient (Wildman–Crippen LogP) is 0.554. The van der Waals surface area contributed by atoms with Crippen molar-refractivity contribution < 1.29 is 14.7 Å². The van der Waals surface area contributed by atoms with Gasteiger partial charge in [-0.1, -0.05) is 13.8 Å². The number of carbonyl (C=O) groups excluding carboxylic acids is 1. The van der Waals surface area contributed by atoms with E-state index < -0.39 is 5.97 Å². The molecule has 0 spiro atoms. The summed E-state index contributed by atoms with van der Waals surface area (Å²) in [7, 11) is 3.89. The SMILES string of the molecule is CC(C)C(CN(C)C)NC(=O)CCC(=O)O. The van der Waals surface area contributed by atoms with Gasteiger partial charge in [0, 0.05) is 19.0 Å². The molecule has 0 aromatic rings. The smallest absolute Gasteiger partial charge is 0.303 e. The Hall–Kier alpha value is -1.10. The molecule has 2 N–H and O–H groups in total. The second-order valence-corrected chi connectivity index (χ2v) is 4.57. The van der Waals surface area contributed by atoms with Crippen molar-refractivity contribution in [2.75, 3.05) is 20.6 Å². The number of carbonyl (C=O) groups is 2. The number of amides is 1. The Balaban J connectivity index is 4.08. The summed E-state index contributed by atoms with van der Waals surface area (Å²) in [5.74, 6) is -0.803. The predicted molar refractivity (Wildman–Crippen MR) is 62.2 cm³/mol. The number of nitrogens with zero attached hydrogens (tertiary/aromatic N) is 1. The van der Waals surface area contributed by atoms with Gasteiger partial charge in [0.2, 0.25) is 5.91 Å². The molecule has 0 aromatic carbocycles. The van der Waals surface area contributed by atoms with E-state index in [2.05, 4.69) is 5.32 Å². The lowest BCUT2D eigenvalue weighted by Gasteiger charge is -2.25. The third-order valence-corrected chi connectivity index (χ3v) is 2.28. The Labute approximate surface area is 96.8 Å². The van der Waals surface area contributed by atoms with Crippen molar-refractivity contribution in [1.82, 2.24) is 10.2 Å². The van der Waals surface area contributed by atoms with Gasteiger partial charge in [-0.15, -0.1) is 0 Å². The molecule has 0 aliphatic carbocycles. The van der Waals surface area contributed by atoms with Gasteiger partial charge in [-0.05, 0) is 20.0 Å². The second-order valence-electron chi connectivity index (χ2n) is 4.57. The fourth-order valence-corrected chi connectivity index (χ4v) is 1.32. The van der Waals surface area contributed by atoms with Crippen LogP contribution in [0.15, 0.2) is 0 Å². The molecule has 0 fully saturated rings. The molecule has 1 amide bonds. The van der Waals surface area contributed by atoms with E-state index in [9.17, 15) is 9.59 Å². The first-order valence-electron chi connectivity index (χ1n) is 5.48. The fraction of sp³-hybridized carbons (Fsp3) is 0.818. The van der Waals surface area contributed by atoms with Gasteiger partial charge < -0.3 is 15.3 Å². The first-order valence-corrected chi connectivity index (χ1v) is 5.48. The summed E-state index contributed by atoms with van der Waals surface area (Å²) in [6.07, 6.45) is -0.0649. The van der Waals surface area contributed by atoms with E-state index in [1.54, 1.807) is 0 Å². The Kier molecular flexibility index (Phi) is 6.72. The van der Waals surface area contributed by atoms with Crippen LogP contribution in [0.2, 0.25) is 0 Å². The molecule has 0 heterocycles. The summed E-state index contributed by atoms with van der Waals surface area (Å²) in [6, 6.07) is 0.0660. The topological polar surface area (TPSA) is 69.6 Å². The van der Waals surface area contributed by atoms with Crippen LogP contribution in [-0.4, -0.2) is 48.6 Å². The zero-order chi connectivity index (χ0) is 12.7. The van der Waals surface area contributed by atoms with Gasteiger partial charge in [-0.3, -0.25) is 9.59 Å². The summed E-state index contributed by atoms with van der Waals surface area (Å²) < 4.78 is 0. The molecular weight excluding hydrogens is 208 g/mol. The van der Waals surface area contributed by atoms with E-state index in [0.717, 1.165) is 6.54 Å². The number of hydrogen-bond donors (Lipinski definition) is 2. The standard InChI is InChI=1S/C11H22N2O3/c1-8(2)9(7-13(3)4)12-10(14)5-6-11(15)16/h8-9H,5-7H2,1-4H3,(H,12,14)(H,15,16). The number of carboxylic acids is 1. The normalized spacial score (nSPS) is 12.9. The van der Waals surface area contributed by atoms with Gasteiger partial charge in [0.1, 0.15) is 0 Å². The average Bonchev–Trinajstić information content (AvgIpc) is 2.12. The maximum Gasteiger partial charge on any atom is 0.303 e. The molecule has 0 aromatic heterocycles. The number of rotatable bonds is 7. The number of likely N-dealkylation sites (N-methyl/N-ethyl adjacent to an activating group) is 1. The van der Waals surface area contributed by atoms with Gasteiger partial charge in [0.15, 0.2) is 0 Å². The van der Waals surface area contributed by atoms with Crippen molar-refractivity contribution in [1.29, 1.82) is 0 Å². The highest BCUT2D eigenvalue weighted by atomic mass is 16.4. The molecule has 0 rings (SSSR count). The minimum atomic E-state index is -0.941. The van der Waals surface area contributed by atoms with Crippen LogP contribution in [0.25, 0.3) is 0 Å². The molecule has 5 heteroatoms. The molecule has 1 unspecified atom stereocenters. The van der Waals surface area contributed by atoms with Gasteiger partial charge in [0.05, 0.1) is 6.42 Å². The molecule has 94 valence electrons. The van der Waals surface area contributed by atoms with Gasteiger partial charge in [-0.25, -0.2) is 0 Å². The molecule has 16 heavy (non-hydrogen) atoms. The summed E-state index contributed by atoms with van der Waals surface area (Å²) >= 11 is 0.